The molecule has 1 aromatic heterocycles. The third-order valence-corrected chi connectivity index (χ3v) is 2.95. The van der Waals surface area contributed by atoms with Gasteiger partial charge in [0.25, 0.3) is 5.69 Å². The van der Waals surface area contributed by atoms with Crippen molar-refractivity contribution in [3.05, 3.63) is 33.6 Å². The largest absolute Gasteiger partial charge is 0.314 e. The topological polar surface area (TPSA) is 68.1 Å². The molecule has 1 unspecified atom stereocenters. The van der Waals surface area contributed by atoms with Gasteiger partial charge in [0.1, 0.15) is 5.69 Å². The molecule has 0 bridgehead atoms. The lowest BCUT2D eigenvalue weighted by molar-refractivity contribution is -0.386. The second-order valence-corrected chi connectivity index (χ2v) is 4.43. The number of aryl methyl sites for hydroxylation is 1. The maximum atomic E-state index is 11.1. The average molecular weight is 251 g/mol. The first-order valence-corrected chi connectivity index (χ1v) is 6.42. The van der Waals surface area contributed by atoms with Gasteiger partial charge in [-0.15, -0.1) is 0 Å². The van der Waals surface area contributed by atoms with Crippen LogP contribution in [-0.4, -0.2) is 22.5 Å². The Kier molecular flexibility index (Phi) is 5.71. The Morgan fingerprint density at radius 3 is 2.78 bits per heavy atom. The molecule has 1 aromatic rings. The van der Waals surface area contributed by atoms with Gasteiger partial charge in [0.15, 0.2) is 0 Å². The molecule has 1 N–H and O–H groups in total. The molecule has 0 aromatic carbocycles. The van der Waals surface area contributed by atoms with Crippen LogP contribution in [0.1, 0.15) is 37.9 Å². The van der Waals surface area contributed by atoms with Crippen molar-refractivity contribution in [3.8, 4) is 0 Å². The zero-order valence-electron chi connectivity index (χ0n) is 11.3. The summed E-state index contributed by atoms with van der Waals surface area (Å²) in [6.45, 7) is 6.78. The summed E-state index contributed by atoms with van der Waals surface area (Å²) in [6.07, 6.45) is 4.31. The lowest BCUT2D eigenvalue weighted by Gasteiger charge is -2.16. The summed E-state index contributed by atoms with van der Waals surface area (Å²) in [5, 5.41) is 14.4. The van der Waals surface area contributed by atoms with Crippen LogP contribution in [0, 0.1) is 17.0 Å². The Morgan fingerprint density at radius 1 is 1.50 bits per heavy atom. The van der Waals surface area contributed by atoms with Crippen molar-refractivity contribution in [2.45, 2.75) is 46.1 Å². The first-order chi connectivity index (χ1) is 8.60. The molecule has 0 aliphatic heterocycles. The Labute approximate surface area is 108 Å². The van der Waals surface area contributed by atoms with Gasteiger partial charge in [0, 0.05) is 24.2 Å². The number of nitrogens with zero attached hydrogens (tertiary/aromatic N) is 2. The monoisotopic (exact) mass is 251 g/mol. The van der Waals surface area contributed by atoms with Crippen LogP contribution >= 0.6 is 0 Å². The van der Waals surface area contributed by atoms with Gasteiger partial charge >= 0.3 is 0 Å². The predicted octanol–water partition coefficient (Wildman–Crippen LogP) is 2.62. The molecule has 1 rings (SSSR count). The molecule has 1 heterocycles. The van der Waals surface area contributed by atoms with Crippen LogP contribution in [0.3, 0.4) is 0 Å². The van der Waals surface area contributed by atoms with Crippen molar-refractivity contribution < 1.29 is 4.92 Å². The Bertz CT molecular complexity index is 401. The highest BCUT2D eigenvalue weighted by Gasteiger charge is 2.20. The van der Waals surface area contributed by atoms with Gasteiger partial charge in [-0.2, -0.15) is 0 Å². The Balaban J connectivity index is 2.94. The summed E-state index contributed by atoms with van der Waals surface area (Å²) in [7, 11) is 0. The van der Waals surface area contributed by atoms with Crippen LogP contribution in [0.25, 0.3) is 0 Å². The number of pyridine rings is 1. The van der Waals surface area contributed by atoms with Gasteiger partial charge < -0.3 is 5.32 Å². The minimum atomic E-state index is -0.327. The lowest BCUT2D eigenvalue weighted by atomic mass is 10.0. The highest BCUT2D eigenvalue weighted by atomic mass is 16.6. The summed E-state index contributed by atoms with van der Waals surface area (Å²) in [6, 6.07) is 1.94. The molecule has 0 spiro atoms. The molecule has 18 heavy (non-hydrogen) atoms. The summed E-state index contributed by atoms with van der Waals surface area (Å²) in [4.78, 5) is 14.9. The number of hydrogen-bond donors (Lipinski definition) is 1. The molecule has 1 atom stereocenters. The molecule has 0 fully saturated rings. The SMILES string of the molecule is CCCC(Cc1nccc(C)c1[N+](=O)[O-])NCC. The van der Waals surface area contributed by atoms with Gasteiger partial charge in [-0.25, -0.2) is 0 Å². The molecule has 0 amide bonds. The van der Waals surface area contributed by atoms with E-state index in [0.29, 0.717) is 17.7 Å². The number of likely N-dealkylation sites (N-methyl/N-ethyl adjacent to an activating group) is 1. The minimum Gasteiger partial charge on any atom is -0.314 e. The molecule has 5 heteroatoms. The van der Waals surface area contributed by atoms with Crippen molar-refractivity contribution in [2.75, 3.05) is 6.54 Å². The number of aromatic nitrogens is 1. The predicted molar refractivity (Wildman–Crippen MR) is 71.7 cm³/mol. The van der Waals surface area contributed by atoms with Crippen LogP contribution in [0.4, 0.5) is 5.69 Å². The van der Waals surface area contributed by atoms with E-state index in [2.05, 4.69) is 17.2 Å². The van der Waals surface area contributed by atoms with E-state index >= 15 is 0 Å². The van der Waals surface area contributed by atoms with Gasteiger partial charge in [0.05, 0.1) is 4.92 Å². The van der Waals surface area contributed by atoms with E-state index < -0.39 is 0 Å². The second kappa shape index (κ2) is 7.06. The van der Waals surface area contributed by atoms with E-state index in [1.165, 1.54) is 0 Å². The van der Waals surface area contributed by atoms with E-state index in [-0.39, 0.29) is 16.7 Å². The fourth-order valence-electron chi connectivity index (χ4n) is 2.15. The van der Waals surface area contributed by atoms with Crippen LogP contribution < -0.4 is 5.32 Å². The third-order valence-electron chi connectivity index (χ3n) is 2.95. The number of hydrogen-bond acceptors (Lipinski definition) is 4. The number of nitrogens with one attached hydrogen (secondary N) is 1. The van der Waals surface area contributed by atoms with E-state index in [0.717, 1.165) is 19.4 Å². The fourth-order valence-corrected chi connectivity index (χ4v) is 2.15. The number of rotatable bonds is 7. The van der Waals surface area contributed by atoms with Gasteiger partial charge in [-0.3, -0.25) is 15.1 Å². The highest BCUT2D eigenvalue weighted by Crippen LogP contribution is 2.22. The molecule has 0 radical (unpaired) electrons. The molecule has 0 aliphatic rings. The van der Waals surface area contributed by atoms with Crippen LogP contribution in [0.2, 0.25) is 0 Å². The maximum Gasteiger partial charge on any atom is 0.293 e. The van der Waals surface area contributed by atoms with Crippen molar-refractivity contribution in [1.82, 2.24) is 10.3 Å². The van der Waals surface area contributed by atoms with Crippen molar-refractivity contribution >= 4 is 5.69 Å². The summed E-state index contributed by atoms with van der Waals surface area (Å²) >= 11 is 0. The van der Waals surface area contributed by atoms with Gasteiger partial charge in [-0.05, 0) is 26.0 Å². The number of nitro groups is 1. The first-order valence-electron chi connectivity index (χ1n) is 6.42. The van der Waals surface area contributed by atoms with Crippen LogP contribution in [-0.2, 0) is 6.42 Å². The summed E-state index contributed by atoms with van der Waals surface area (Å²) in [5.74, 6) is 0. The Morgan fingerprint density at radius 2 is 2.22 bits per heavy atom. The summed E-state index contributed by atoms with van der Waals surface area (Å²) in [5.41, 5.74) is 1.42. The zero-order valence-corrected chi connectivity index (χ0v) is 11.3. The van der Waals surface area contributed by atoms with E-state index in [1.54, 1.807) is 19.2 Å². The van der Waals surface area contributed by atoms with Crippen molar-refractivity contribution in [1.29, 1.82) is 0 Å². The van der Waals surface area contributed by atoms with Crippen LogP contribution in [0.5, 0.6) is 0 Å². The molecular weight excluding hydrogens is 230 g/mol. The lowest BCUT2D eigenvalue weighted by Crippen LogP contribution is -2.31. The van der Waals surface area contributed by atoms with Crippen molar-refractivity contribution in [3.63, 3.8) is 0 Å². The molecular formula is C13H21N3O2. The molecule has 0 saturated carbocycles. The van der Waals surface area contributed by atoms with Gasteiger partial charge in [-0.1, -0.05) is 20.3 Å². The van der Waals surface area contributed by atoms with Gasteiger partial charge in [0.2, 0.25) is 0 Å². The average Bonchev–Trinajstić information content (AvgIpc) is 2.29. The zero-order chi connectivity index (χ0) is 13.5. The molecule has 5 nitrogen and oxygen atoms in total. The second-order valence-electron chi connectivity index (χ2n) is 4.43. The fraction of sp³-hybridized carbons (Fsp3) is 0.615. The first kappa shape index (κ1) is 14.6. The van der Waals surface area contributed by atoms with E-state index in [9.17, 15) is 10.1 Å². The van der Waals surface area contributed by atoms with Crippen LogP contribution in [0.15, 0.2) is 12.3 Å². The molecule has 100 valence electrons. The van der Waals surface area contributed by atoms with E-state index in [1.807, 2.05) is 6.92 Å². The minimum absolute atomic E-state index is 0.163. The quantitative estimate of drug-likeness (QED) is 0.597. The maximum absolute atomic E-state index is 11.1. The third kappa shape index (κ3) is 3.77. The molecule has 0 aliphatic carbocycles. The normalized spacial score (nSPS) is 12.4. The summed E-state index contributed by atoms with van der Waals surface area (Å²) < 4.78 is 0. The molecule has 0 saturated heterocycles. The standard InChI is InChI=1S/C13H21N3O2/c1-4-6-11(14-5-2)9-12-13(16(17)18)10(3)7-8-15-12/h7-8,11,14H,4-6,9H2,1-3H3. The smallest absolute Gasteiger partial charge is 0.293 e. The van der Waals surface area contributed by atoms with Crippen molar-refractivity contribution in [2.24, 2.45) is 0 Å². The highest BCUT2D eigenvalue weighted by molar-refractivity contribution is 5.43. The Hall–Kier alpha value is -1.49. The van der Waals surface area contributed by atoms with E-state index in [4.69, 9.17) is 0 Å².